The van der Waals surface area contributed by atoms with Crippen LogP contribution in [0.15, 0.2) is 107 Å². The number of amides is 2. The number of sulfone groups is 1. The van der Waals surface area contributed by atoms with Gasteiger partial charge in [0, 0.05) is 43.0 Å². The van der Waals surface area contributed by atoms with Crippen LogP contribution in [0, 0.1) is 5.82 Å². The molecule has 0 unspecified atom stereocenters. The molecule has 0 bridgehead atoms. The van der Waals surface area contributed by atoms with E-state index < -0.39 is 21.6 Å². The Bertz CT molecular complexity index is 1720. The van der Waals surface area contributed by atoms with E-state index in [0.717, 1.165) is 5.69 Å². The van der Waals surface area contributed by atoms with Crippen LogP contribution in [0.4, 0.5) is 15.8 Å². The second-order valence-electron chi connectivity index (χ2n) is 9.78. The van der Waals surface area contributed by atoms with E-state index in [4.69, 9.17) is 0 Å². The Morgan fingerprint density at radius 3 is 2.20 bits per heavy atom. The van der Waals surface area contributed by atoms with Crippen LogP contribution in [0.5, 0.6) is 0 Å². The summed E-state index contributed by atoms with van der Waals surface area (Å²) in [6.07, 6.45) is 0. The molecule has 4 aromatic rings. The smallest absolute Gasteiger partial charge is 0.259 e. The maximum Gasteiger partial charge on any atom is 0.259 e. The first-order chi connectivity index (χ1) is 19.3. The highest BCUT2D eigenvalue weighted by Crippen LogP contribution is 2.38. The fourth-order valence-electron chi connectivity index (χ4n) is 5.28. The van der Waals surface area contributed by atoms with Crippen LogP contribution in [0.2, 0.25) is 0 Å². The summed E-state index contributed by atoms with van der Waals surface area (Å²) >= 11 is 0. The first kappa shape index (κ1) is 25.8. The van der Waals surface area contributed by atoms with E-state index in [1.54, 1.807) is 35.2 Å². The minimum atomic E-state index is -4.10. The zero-order valence-electron chi connectivity index (χ0n) is 21.5. The van der Waals surface area contributed by atoms with Crippen LogP contribution >= 0.6 is 0 Å². The zero-order valence-corrected chi connectivity index (χ0v) is 22.4. The van der Waals surface area contributed by atoms with Crippen LogP contribution in [-0.2, 0) is 16.4 Å². The third-order valence-corrected chi connectivity index (χ3v) is 9.27. The molecule has 0 aromatic heterocycles. The maximum absolute atomic E-state index is 14.7. The van der Waals surface area contributed by atoms with Crippen molar-refractivity contribution in [2.24, 2.45) is 0 Å². The predicted molar refractivity (Wildman–Crippen MR) is 150 cm³/mol. The van der Waals surface area contributed by atoms with Crippen LogP contribution < -0.4 is 9.80 Å². The van der Waals surface area contributed by atoms with Gasteiger partial charge in [-0.3, -0.25) is 9.59 Å². The van der Waals surface area contributed by atoms with Gasteiger partial charge in [0.2, 0.25) is 9.84 Å². The molecule has 0 N–H and O–H groups in total. The molecule has 202 valence electrons. The molecule has 2 aliphatic rings. The minimum Gasteiger partial charge on any atom is -0.368 e. The molecular weight excluding hydrogens is 529 g/mol. The Kier molecular flexibility index (Phi) is 6.59. The number of nitrogens with zero attached hydrogens (tertiary/aromatic N) is 3. The highest BCUT2D eigenvalue weighted by molar-refractivity contribution is 7.91. The van der Waals surface area contributed by atoms with E-state index in [-0.39, 0.29) is 44.6 Å². The number of hydrogen-bond donors (Lipinski definition) is 0. The van der Waals surface area contributed by atoms with Gasteiger partial charge in [0.1, 0.15) is 5.82 Å². The van der Waals surface area contributed by atoms with Crippen molar-refractivity contribution < 1.29 is 22.4 Å². The molecule has 2 aliphatic heterocycles. The molecule has 2 heterocycles. The molecule has 9 heteroatoms. The molecular formula is C31H26FN3O4S. The highest BCUT2D eigenvalue weighted by atomic mass is 32.2. The molecule has 4 aromatic carbocycles. The third kappa shape index (κ3) is 4.52. The summed E-state index contributed by atoms with van der Waals surface area (Å²) in [5.74, 6) is -1.35. The number of carbonyl (C=O) groups excluding carboxylic acids is 2. The molecule has 0 saturated carbocycles. The van der Waals surface area contributed by atoms with Crippen molar-refractivity contribution in [1.82, 2.24) is 4.90 Å². The number of benzene rings is 4. The predicted octanol–water partition coefficient (Wildman–Crippen LogP) is 4.78. The summed E-state index contributed by atoms with van der Waals surface area (Å²) in [5, 5.41) is 0. The number of halogens is 1. The fraction of sp³-hybridized carbons (Fsp3) is 0.161. The zero-order chi connectivity index (χ0) is 27.9. The molecule has 0 spiro atoms. The second kappa shape index (κ2) is 10.2. The number of anilines is 2. The van der Waals surface area contributed by atoms with E-state index in [1.165, 1.54) is 41.3 Å². The first-order valence-corrected chi connectivity index (χ1v) is 14.5. The maximum atomic E-state index is 14.7. The summed E-state index contributed by atoms with van der Waals surface area (Å²) < 4.78 is 42.1. The number of piperazine rings is 1. The third-order valence-electron chi connectivity index (χ3n) is 7.41. The van der Waals surface area contributed by atoms with Crippen LogP contribution in [0.25, 0.3) is 0 Å². The van der Waals surface area contributed by atoms with Gasteiger partial charge in [0.15, 0.2) is 0 Å². The lowest BCUT2D eigenvalue weighted by Gasteiger charge is -2.36. The van der Waals surface area contributed by atoms with Gasteiger partial charge in [-0.25, -0.2) is 12.8 Å². The average molecular weight is 556 g/mol. The summed E-state index contributed by atoms with van der Waals surface area (Å²) in [4.78, 5) is 32.3. The molecule has 40 heavy (non-hydrogen) atoms. The standard InChI is InChI=1S/C31H26FN3O4S/c32-26-12-6-4-8-23(26)21-35-27-20-22(30(36)34-18-16-33(17-19-34)24-9-2-1-3-10-24)14-15-29(27)40(38,39)28-13-7-5-11-25(28)31(35)37/h1-15,20H,16-19,21H2. The van der Waals surface area contributed by atoms with Crippen molar-refractivity contribution >= 4 is 33.0 Å². The molecule has 7 nitrogen and oxygen atoms in total. The summed E-state index contributed by atoms with van der Waals surface area (Å²) in [6.45, 7) is 2.10. The van der Waals surface area contributed by atoms with Gasteiger partial charge in [-0.2, -0.15) is 0 Å². The molecule has 1 saturated heterocycles. The van der Waals surface area contributed by atoms with Gasteiger partial charge < -0.3 is 14.7 Å². The topological polar surface area (TPSA) is 78.0 Å². The summed E-state index contributed by atoms with van der Waals surface area (Å²) in [7, 11) is -4.10. The van der Waals surface area contributed by atoms with E-state index in [1.807, 2.05) is 30.3 Å². The first-order valence-electron chi connectivity index (χ1n) is 13.0. The molecule has 0 atom stereocenters. The van der Waals surface area contributed by atoms with Crippen molar-refractivity contribution in [1.29, 1.82) is 0 Å². The Hall–Kier alpha value is -4.50. The number of para-hydroxylation sites is 1. The van der Waals surface area contributed by atoms with Gasteiger partial charge in [0.25, 0.3) is 11.8 Å². The minimum absolute atomic E-state index is 0.0000466. The molecule has 6 rings (SSSR count). The number of carbonyl (C=O) groups is 2. The van der Waals surface area contributed by atoms with Gasteiger partial charge in [0.05, 0.1) is 27.6 Å². The van der Waals surface area contributed by atoms with E-state index >= 15 is 0 Å². The lowest BCUT2D eigenvalue weighted by atomic mass is 10.1. The Morgan fingerprint density at radius 1 is 0.775 bits per heavy atom. The average Bonchev–Trinajstić information content (AvgIpc) is 3.06. The van der Waals surface area contributed by atoms with Crippen LogP contribution in [-0.4, -0.2) is 51.3 Å². The van der Waals surface area contributed by atoms with Crippen molar-refractivity contribution in [2.75, 3.05) is 36.0 Å². The van der Waals surface area contributed by atoms with E-state index in [2.05, 4.69) is 4.90 Å². The van der Waals surface area contributed by atoms with Crippen molar-refractivity contribution in [3.63, 3.8) is 0 Å². The van der Waals surface area contributed by atoms with E-state index in [0.29, 0.717) is 26.2 Å². The number of hydrogen-bond acceptors (Lipinski definition) is 5. The summed E-state index contributed by atoms with van der Waals surface area (Å²) in [5.41, 5.74) is 1.64. The van der Waals surface area contributed by atoms with Gasteiger partial charge in [-0.05, 0) is 48.5 Å². The SMILES string of the molecule is O=C(c1ccc2c(c1)N(Cc1ccccc1F)C(=O)c1ccccc1S2(=O)=O)N1CCN(c2ccccc2)CC1. The van der Waals surface area contributed by atoms with Gasteiger partial charge in [-0.15, -0.1) is 0 Å². The Labute approximate surface area is 232 Å². The van der Waals surface area contributed by atoms with Crippen LogP contribution in [0.1, 0.15) is 26.3 Å². The monoisotopic (exact) mass is 555 g/mol. The molecule has 2 amide bonds. The quantitative estimate of drug-likeness (QED) is 0.362. The Balaban J connectivity index is 1.37. The molecule has 0 radical (unpaired) electrons. The molecule has 0 aliphatic carbocycles. The number of rotatable bonds is 4. The van der Waals surface area contributed by atoms with E-state index in [9.17, 15) is 22.4 Å². The fourth-order valence-corrected chi connectivity index (χ4v) is 6.91. The summed E-state index contributed by atoms with van der Waals surface area (Å²) in [6, 6.07) is 26.3. The van der Waals surface area contributed by atoms with Crippen LogP contribution in [0.3, 0.4) is 0 Å². The second-order valence-corrected chi connectivity index (χ2v) is 11.7. The van der Waals surface area contributed by atoms with Gasteiger partial charge >= 0.3 is 0 Å². The van der Waals surface area contributed by atoms with Crippen molar-refractivity contribution in [3.8, 4) is 0 Å². The largest absolute Gasteiger partial charge is 0.368 e. The Morgan fingerprint density at radius 2 is 1.45 bits per heavy atom. The normalized spacial score (nSPS) is 16.2. The van der Waals surface area contributed by atoms with Crippen molar-refractivity contribution in [2.45, 2.75) is 16.3 Å². The number of fused-ring (bicyclic) bond motifs is 2. The van der Waals surface area contributed by atoms with Crippen molar-refractivity contribution in [3.05, 3.63) is 120 Å². The lowest BCUT2D eigenvalue weighted by Crippen LogP contribution is -2.48. The van der Waals surface area contributed by atoms with Gasteiger partial charge in [-0.1, -0.05) is 48.5 Å². The molecule has 1 fully saturated rings. The lowest BCUT2D eigenvalue weighted by molar-refractivity contribution is 0.0746. The highest BCUT2D eigenvalue weighted by Gasteiger charge is 2.36.